The molecule has 0 bridgehead atoms. The van der Waals surface area contributed by atoms with Gasteiger partial charge in [0.25, 0.3) is 0 Å². The lowest BCUT2D eigenvalue weighted by atomic mass is 10.0. The molecule has 0 amide bonds. The summed E-state index contributed by atoms with van der Waals surface area (Å²) in [4.78, 5) is 18.5. The molecule has 0 aliphatic rings. The van der Waals surface area contributed by atoms with Crippen molar-refractivity contribution >= 4 is 28.6 Å². The van der Waals surface area contributed by atoms with E-state index in [2.05, 4.69) is 54.3 Å². The summed E-state index contributed by atoms with van der Waals surface area (Å²) in [6.07, 6.45) is 0.648. The monoisotopic (exact) mass is 337 g/mol. The lowest BCUT2D eigenvalue weighted by Crippen LogP contribution is -1.97. The molecule has 0 saturated heterocycles. The van der Waals surface area contributed by atoms with Crippen molar-refractivity contribution in [1.82, 2.24) is 9.97 Å². The van der Waals surface area contributed by atoms with Gasteiger partial charge in [0.1, 0.15) is 0 Å². The minimum atomic E-state index is -0.785. The van der Waals surface area contributed by atoms with Gasteiger partial charge in [0.05, 0.1) is 11.0 Å². The van der Waals surface area contributed by atoms with Crippen LogP contribution < -0.4 is 5.32 Å². The van der Waals surface area contributed by atoms with Crippen molar-refractivity contribution < 1.29 is 9.90 Å². The van der Waals surface area contributed by atoms with Gasteiger partial charge in [0, 0.05) is 12.1 Å². The van der Waals surface area contributed by atoms with Crippen LogP contribution in [0.2, 0.25) is 0 Å². The third-order valence-electron chi connectivity index (χ3n) is 4.34. The van der Waals surface area contributed by atoms with Crippen molar-refractivity contribution in [3.63, 3.8) is 0 Å². The van der Waals surface area contributed by atoms with Gasteiger partial charge in [-0.1, -0.05) is 32.0 Å². The van der Waals surface area contributed by atoms with Gasteiger partial charge in [0.2, 0.25) is 5.95 Å². The van der Waals surface area contributed by atoms with Gasteiger partial charge in [-0.05, 0) is 54.2 Å². The Morgan fingerprint density at radius 3 is 2.72 bits per heavy atom. The maximum absolute atomic E-state index is 10.7. The maximum atomic E-state index is 10.7. The Bertz CT molecular complexity index is 912. The number of aromatic nitrogens is 2. The number of carboxylic acids is 1. The Kier molecular flexibility index (Phi) is 4.74. The molecule has 0 fully saturated rings. The summed E-state index contributed by atoms with van der Waals surface area (Å²) < 4.78 is 0. The molecule has 0 aliphatic carbocycles. The molecule has 3 rings (SSSR count). The largest absolute Gasteiger partial charge is 0.481 e. The van der Waals surface area contributed by atoms with Gasteiger partial charge in [-0.2, -0.15) is 0 Å². The number of carbonyl (C=O) groups is 1. The average molecular weight is 337 g/mol. The van der Waals surface area contributed by atoms with Crippen LogP contribution >= 0.6 is 0 Å². The Hall–Kier alpha value is -2.82. The number of imidazole rings is 1. The maximum Gasteiger partial charge on any atom is 0.303 e. The Balaban J connectivity index is 1.81. The molecule has 2 aromatic carbocycles. The Morgan fingerprint density at radius 1 is 1.24 bits per heavy atom. The van der Waals surface area contributed by atoms with E-state index in [0.717, 1.165) is 22.3 Å². The van der Waals surface area contributed by atoms with Crippen molar-refractivity contribution in [2.45, 2.75) is 39.5 Å². The lowest BCUT2D eigenvalue weighted by molar-refractivity contribution is -0.136. The standard InChI is InChI=1S/C20H23N3O2/c1-12(2)15-6-8-16(13(3)10-15)21-20-22-17-7-4-14(5-9-19(24)25)11-18(17)23-20/h4,6-8,10-12H,5,9H2,1-3H3,(H,24,25)(H2,21,22,23). The van der Waals surface area contributed by atoms with Crippen LogP contribution in [-0.4, -0.2) is 21.0 Å². The first-order valence-corrected chi connectivity index (χ1v) is 8.50. The molecular formula is C20H23N3O2. The zero-order valence-corrected chi connectivity index (χ0v) is 14.8. The van der Waals surface area contributed by atoms with Gasteiger partial charge < -0.3 is 15.4 Å². The summed E-state index contributed by atoms with van der Waals surface area (Å²) in [6, 6.07) is 12.2. The summed E-state index contributed by atoms with van der Waals surface area (Å²) in [5.41, 5.74) is 6.27. The van der Waals surface area contributed by atoms with Gasteiger partial charge >= 0.3 is 5.97 Å². The van der Waals surface area contributed by atoms with E-state index in [1.165, 1.54) is 11.1 Å². The highest BCUT2D eigenvalue weighted by Gasteiger charge is 2.08. The molecule has 3 aromatic rings. The predicted molar refractivity (Wildman–Crippen MR) is 101 cm³/mol. The van der Waals surface area contributed by atoms with Gasteiger partial charge in [0.15, 0.2) is 0 Å². The van der Waals surface area contributed by atoms with Crippen molar-refractivity contribution in [2.75, 3.05) is 5.32 Å². The third kappa shape index (κ3) is 3.99. The second-order valence-electron chi connectivity index (χ2n) is 6.68. The predicted octanol–water partition coefficient (Wildman–Crippen LogP) is 4.76. The molecular weight excluding hydrogens is 314 g/mol. The van der Waals surface area contributed by atoms with Gasteiger partial charge in [-0.25, -0.2) is 4.98 Å². The second kappa shape index (κ2) is 6.97. The summed E-state index contributed by atoms with van der Waals surface area (Å²) in [5, 5.41) is 12.1. The molecule has 0 atom stereocenters. The molecule has 0 unspecified atom stereocenters. The van der Waals surface area contributed by atoms with Crippen LogP contribution in [0.4, 0.5) is 11.6 Å². The highest BCUT2D eigenvalue weighted by molar-refractivity contribution is 5.79. The van der Waals surface area contributed by atoms with Crippen LogP contribution in [0.1, 0.15) is 42.9 Å². The smallest absolute Gasteiger partial charge is 0.303 e. The van der Waals surface area contributed by atoms with Crippen LogP contribution in [-0.2, 0) is 11.2 Å². The SMILES string of the molecule is Cc1cc(C(C)C)ccc1Nc1nc2ccc(CCC(=O)O)cc2[nH]1. The number of nitrogens with one attached hydrogen (secondary N) is 2. The van der Waals surface area contributed by atoms with E-state index in [9.17, 15) is 4.79 Å². The molecule has 25 heavy (non-hydrogen) atoms. The zero-order valence-electron chi connectivity index (χ0n) is 14.8. The molecule has 3 N–H and O–H groups in total. The molecule has 5 heteroatoms. The number of aromatic amines is 1. The normalized spacial score (nSPS) is 11.2. The number of nitrogens with zero attached hydrogens (tertiary/aromatic N) is 1. The van der Waals surface area contributed by atoms with E-state index in [1.54, 1.807) is 0 Å². The summed E-state index contributed by atoms with van der Waals surface area (Å²) in [5.74, 6) is 0.404. The Morgan fingerprint density at radius 2 is 2.04 bits per heavy atom. The van der Waals surface area contributed by atoms with Gasteiger partial charge in [-0.15, -0.1) is 0 Å². The highest BCUT2D eigenvalue weighted by atomic mass is 16.4. The highest BCUT2D eigenvalue weighted by Crippen LogP contribution is 2.25. The van der Waals surface area contributed by atoms with E-state index < -0.39 is 5.97 Å². The lowest BCUT2D eigenvalue weighted by Gasteiger charge is -2.11. The van der Waals surface area contributed by atoms with Crippen LogP contribution in [0.25, 0.3) is 11.0 Å². The number of H-pyrrole nitrogens is 1. The number of anilines is 2. The number of benzene rings is 2. The van der Waals surface area contributed by atoms with Crippen molar-refractivity contribution in [3.05, 3.63) is 53.1 Å². The average Bonchev–Trinajstić information content (AvgIpc) is 2.96. The van der Waals surface area contributed by atoms with Gasteiger partial charge in [-0.3, -0.25) is 4.79 Å². The van der Waals surface area contributed by atoms with Crippen LogP contribution in [0, 0.1) is 6.92 Å². The molecule has 0 aliphatic heterocycles. The first-order chi connectivity index (χ1) is 11.9. The van der Waals surface area contributed by atoms with E-state index in [-0.39, 0.29) is 6.42 Å². The fourth-order valence-electron chi connectivity index (χ4n) is 2.84. The van der Waals surface area contributed by atoms with E-state index in [1.807, 2.05) is 18.2 Å². The van der Waals surface area contributed by atoms with E-state index >= 15 is 0 Å². The molecule has 0 saturated carbocycles. The van der Waals surface area contributed by atoms with Crippen molar-refractivity contribution in [3.8, 4) is 0 Å². The zero-order chi connectivity index (χ0) is 18.0. The molecule has 1 heterocycles. The number of carboxylic acid groups (broad SMARTS) is 1. The second-order valence-corrected chi connectivity index (χ2v) is 6.68. The molecule has 1 aromatic heterocycles. The topological polar surface area (TPSA) is 78.0 Å². The minimum Gasteiger partial charge on any atom is -0.481 e. The number of rotatable bonds is 6. The number of hydrogen-bond acceptors (Lipinski definition) is 3. The third-order valence-corrected chi connectivity index (χ3v) is 4.34. The van der Waals surface area contributed by atoms with Crippen LogP contribution in [0.15, 0.2) is 36.4 Å². The fraction of sp³-hybridized carbons (Fsp3) is 0.300. The first kappa shape index (κ1) is 17.0. The Labute approximate surface area is 147 Å². The first-order valence-electron chi connectivity index (χ1n) is 8.50. The molecule has 130 valence electrons. The summed E-state index contributed by atoms with van der Waals surface area (Å²) in [6.45, 7) is 6.45. The quantitative estimate of drug-likeness (QED) is 0.606. The molecule has 0 radical (unpaired) electrons. The van der Waals surface area contributed by atoms with Crippen LogP contribution in [0.3, 0.4) is 0 Å². The molecule has 0 spiro atoms. The fourth-order valence-corrected chi connectivity index (χ4v) is 2.84. The van der Waals surface area contributed by atoms with E-state index in [0.29, 0.717) is 18.3 Å². The van der Waals surface area contributed by atoms with Crippen LogP contribution in [0.5, 0.6) is 0 Å². The summed E-state index contributed by atoms with van der Waals surface area (Å²) >= 11 is 0. The number of hydrogen-bond donors (Lipinski definition) is 3. The number of aryl methyl sites for hydroxylation is 2. The minimum absolute atomic E-state index is 0.131. The number of fused-ring (bicyclic) bond motifs is 1. The van der Waals surface area contributed by atoms with E-state index in [4.69, 9.17) is 5.11 Å². The van der Waals surface area contributed by atoms with Crippen molar-refractivity contribution in [2.24, 2.45) is 0 Å². The summed E-state index contributed by atoms with van der Waals surface area (Å²) in [7, 11) is 0. The van der Waals surface area contributed by atoms with Crippen molar-refractivity contribution in [1.29, 1.82) is 0 Å². The number of aliphatic carboxylic acids is 1. The molecule has 5 nitrogen and oxygen atoms in total.